The average molecular weight is 176 g/mol. The fourth-order valence-electron chi connectivity index (χ4n) is 0.530. The third kappa shape index (κ3) is 3.31. The van der Waals surface area contributed by atoms with Crippen LogP contribution in [-0.4, -0.2) is 35.7 Å². The zero-order valence-corrected chi connectivity index (χ0v) is 6.69. The van der Waals surface area contributed by atoms with Crippen molar-refractivity contribution in [1.82, 2.24) is 0 Å². The molecule has 0 aliphatic carbocycles. The van der Waals surface area contributed by atoms with Crippen LogP contribution < -0.4 is 11.5 Å². The maximum absolute atomic E-state index is 10.6. The minimum Gasteiger partial charge on any atom is -0.480 e. The summed E-state index contributed by atoms with van der Waals surface area (Å²) in [6.07, 6.45) is -0.862. The van der Waals surface area contributed by atoms with Gasteiger partial charge in [-0.05, 0) is 6.92 Å². The standard InChI is InChI=1S/C6H12N2O4/c1-3(5(8)6(10)11)12-4(9)2-7/h3,5H,2,7-8H2,1H3,(H,10,11)/t3-,5-/m0/s1. The number of ether oxygens (including phenoxy) is 1. The summed E-state index contributed by atoms with van der Waals surface area (Å²) in [6, 6.07) is -1.21. The molecule has 6 nitrogen and oxygen atoms in total. The smallest absolute Gasteiger partial charge is 0.324 e. The van der Waals surface area contributed by atoms with Crippen LogP contribution in [0.4, 0.5) is 0 Å². The highest BCUT2D eigenvalue weighted by Gasteiger charge is 2.22. The summed E-state index contributed by atoms with van der Waals surface area (Å²) in [5.41, 5.74) is 10.1. The van der Waals surface area contributed by atoms with Crippen molar-refractivity contribution < 1.29 is 19.4 Å². The lowest BCUT2D eigenvalue weighted by Crippen LogP contribution is -2.43. The molecule has 70 valence electrons. The van der Waals surface area contributed by atoms with Crippen molar-refractivity contribution in [2.24, 2.45) is 11.5 Å². The summed E-state index contributed by atoms with van der Waals surface area (Å²) in [5, 5.41) is 8.39. The Morgan fingerprint density at radius 3 is 2.42 bits per heavy atom. The van der Waals surface area contributed by atoms with Crippen molar-refractivity contribution in [3.8, 4) is 0 Å². The van der Waals surface area contributed by atoms with Gasteiger partial charge in [0, 0.05) is 0 Å². The molecular weight excluding hydrogens is 164 g/mol. The molecule has 0 rings (SSSR count). The molecule has 0 saturated heterocycles. The van der Waals surface area contributed by atoms with Crippen molar-refractivity contribution in [2.75, 3.05) is 6.54 Å². The minimum absolute atomic E-state index is 0.281. The van der Waals surface area contributed by atoms with E-state index in [0.29, 0.717) is 0 Å². The summed E-state index contributed by atoms with van der Waals surface area (Å²) in [5.74, 6) is -1.88. The average Bonchev–Trinajstić information content (AvgIpc) is 2.02. The maximum atomic E-state index is 10.6. The van der Waals surface area contributed by atoms with Crippen LogP contribution in [0.1, 0.15) is 6.92 Å². The first-order valence-electron chi connectivity index (χ1n) is 3.37. The Balaban J connectivity index is 3.94. The summed E-state index contributed by atoms with van der Waals surface area (Å²) in [7, 11) is 0. The Labute approximate surface area is 69.5 Å². The highest BCUT2D eigenvalue weighted by atomic mass is 16.5. The molecule has 0 spiro atoms. The lowest BCUT2D eigenvalue weighted by atomic mass is 10.2. The third-order valence-corrected chi connectivity index (χ3v) is 1.27. The highest BCUT2D eigenvalue weighted by molar-refractivity contribution is 5.76. The Hall–Kier alpha value is -1.14. The molecule has 0 aromatic carbocycles. The van der Waals surface area contributed by atoms with E-state index in [0.717, 1.165) is 0 Å². The second kappa shape index (κ2) is 4.68. The van der Waals surface area contributed by atoms with E-state index in [9.17, 15) is 9.59 Å². The van der Waals surface area contributed by atoms with Crippen LogP contribution >= 0.6 is 0 Å². The Morgan fingerprint density at radius 1 is 1.58 bits per heavy atom. The third-order valence-electron chi connectivity index (χ3n) is 1.27. The predicted octanol–water partition coefficient (Wildman–Crippen LogP) is -1.71. The predicted molar refractivity (Wildman–Crippen MR) is 40.2 cm³/mol. The first kappa shape index (κ1) is 10.9. The van der Waals surface area contributed by atoms with Gasteiger partial charge in [0.15, 0.2) is 0 Å². The number of esters is 1. The number of carbonyl (C=O) groups excluding carboxylic acids is 1. The fraction of sp³-hybridized carbons (Fsp3) is 0.667. The van der Waals surface area contributed by atoms with E-state index in [2.05, 4.69) is 4.74 Å². The quantitative estimate of drug-likeness (QED) is 0.439. The van der Waals surface area contributed by atoms with Crippen LogP contribution in [0.15, 0.2) is 0 Å². The molecule has 6 heteroatoms. The van der Waals surface area contributed by atoms with Crippen LogP contribution in [0, 0.1) is 0 Å². The van der Waals surface area contributed by atoms with Gasteiger partial charge in [-0.15, -0.1) is 0 Å². The van der Waals surface area contributed by atoms with Gasteiger partial charge in [0.05, 0.1) is 6.54 Å². The zero-order valence-electron chi connectivity index (χ0n) is 6.69. The lowest BCUT2D eigenvalue weighted by Gasteiger charge is -2.15. The van der Waals surface area contributed by atoms with Gasteiger partial charge in [0.1, 0.15) is 12.1 Å². The van der Waals surface area contributed by atoms with E-state index in [1.54, 1.807) is 0 Å². The van der Waals surface area contributed by atoms with Gasteiger partial charge in [0.25, 0.3) is 0 Å². The van der Waals surface area contributed by atoms with E-state index in [1.807, 2.05) is 0 Å². The summed E-state index contributed by atoms with van der Waals surface area (Å²) < 4.78 is 4.55. The molecule has 5 N–H and O–H groups in total. The molecule has 0 fully saturated rings. The van der Waals surface area contributed by atoms with E-state index in [-0.39, 0.29) is 6.54 Å². The Bertz CT molecular complexity index is 182. The second-order valence-electron chi connectivity index (χ2n) is 2.26. The van der Waals surface area contributed by atoms with Crippen molar-refractivity contribution in [1.29, 1.82) is 0 Å². The van der Waals surface area contributed by atoms with Crippen LogP contribution in [0.25, 0.3) is 0 Å². The molecule has 0 aromatic rings. The Kier molecular flexibility index (Phi) is 4.24. The molecule has 0 bridgehead atoms. The number of carboxylic acids is 1. The first-order valence-corrected chi connectivity index (χ1v) is 3.37. The molecule has 0 heterocycles. The molecule has 0 aliphatic rings. The van der Waals surface area contributed by atoms with Crippen molar-refractivity contribution >= 4 is 11.9 Å². The molecule has 0 radical (unpaired) electrons. The highest BCUT2D eigenvalue weighted by Crippen LogP contribution is 1.96. The summed E-state index contributed by atoms with van der Waals surface area (Å²) in [6.45, 7) is 1.11. The molecule has 2 atom stereocenters. The normalized spacial score (nSPS) is 14.9. The van der Waals surface area contributed by atoms with Gasteiger partial charge in [-0.25, -0.2) is 0 Å². The largest absolute Gasteiger partial charge is 0.480 e. The van der Waals surface area contributed by atoms with E-state index in [4.69, 9.17) is 16.6 Å². The van der Waals surface area contributed by atoms with Gasteiger partial charge >= 0.3 is 11.9 Å². The molecule has 12 heavy (non-hydrogen) atoms. The van der Waals surface area contributed by atoms with Gasteiger partial charge in [-0.3, -0.25) is 9.59 Å². The molecule has 0 aromatic heterocycles. The van der Waals surface area contributed by atoms with E-state index < -0.39 is 24.1 Å². The van der Waals surface area contributed by atoms with Crippen molar-refractivity contribution in [2.45, 2.75) is 19.1 Å². The molecule has 0 aliphatic heterocycles. The Morgan fingerprint density at radius 2 is 2.08 bits per heavy atom. The number of aliphatic carboxylic acids is 1. The minimum atomic E-state index is -1.22. The lowest BCUT2D eigenvalue weighted by molar-refractivity contribution is -0.152. The van der Waals surface area contributed by atoms with Crippen LogP contribution in [0.2, 0.25) is 0 Å². The zero-order chi connectivity index (χ0) is 9.72. The number of nitrogens with two attached hydrogens (primary N) is 2. The van der Waals surface area contributed by atoms with E-state index in [1.165, 1.54) is 6.92 Å². The van der Waals surface area contributed by atoms with Gasteiger partial charge in [-0.1, -0.05) is 0 Å². The summed E-state index contributed by atoms with van der Waals surface area (Å²) >= 11 is 0. The number of hydrogen-bond donors (Lipinski definition) is 3. The van der Waals surface area contributed by atoms with Gasteiger partial charge in [-0.2, -0.15) is 0 Å². The molecule has 0 unspecified atom stereocenters. The molecule has 0 amide bonds. The first-order chi connectivity index (χ1) is 5.49. The van der Waals surface area contributed by atoms with Crippen molar-refractivity contribution in [3.63, 3.8) is 0 Å². The second-order valence-corrected chi connectivity index (χ2v) is 2.26. The van der Waals surface area contributed by atoms with Crippen LogP contribution in [0.5, 0.6) is 0 Å². The van der Waals surface area contributed by atoms with Crippen LogP contribution in [-0.2, 0) is 14.3 Å². The number of rotatable bonds is 4. The SMILES string of the molecule is C[C@H](OC(=O)CN)[C@H](N)C(=O)O. The van der Waals surface area contributed by atoms with Crippen molar-refractivity contribution in [3.05, 3.63) is 0 Å². The monoisotopic (exact) mass is 176 g/mol. The molecular formula is C6H12N2O4. The van der Waals surface area contributed by atoms with Gasteiger partial charge < -0.3 is 21.3 Å². The summed E-state index contributed by atoms with van der Waals surface area (Å²) in [4.78, 5) is 20.8. The molecule has 0 saturated carbocycles. The number of carbonyl (C=O) groups is 2. The maximum Gasteiger partial charge on any atom is 0.324 e. The number of carboxylic acid groups (broad SMARTS) is 1. The van der Waals surface area contributed by atoms with Crippen LogP contribution in [0.3, 0.4) is 0 Å². The fourth-order valence-corrected chi connectivity index (χ4v) is 0.530. The topological polar surface area (TPSA) is 116 Å². The van der Waals surface area contributed by atoms with E-state index >= 15 is 0 Å². The number of hydrogen-bond acceptors (Lipinski definition) is 5. The van der Waals surface area contributed by atoms with Gasteiger partial charge in [0.2, 0.25) is 0 Å².